The van der Waals surface area contributed by atoms with E-state index < -0.39 is 0 Å². The summed E-state index contributed by atoms with van der Waals surface area (Å²) in [4.78, 5) is 16.2. The van der Waals surface area contributed by atoms with E-state index in [4.69, 9.17) is 5.73 Å². The molecule has 4 heteroatoms. The first-order chi connectivity index (χ1) is 8.17. The molecule has 0 spiro atoms. The van der Waals surface area contributed by atoms with Gasteiger partial charge in [-0.1, -0.05) is 6.92 Å². The van der Waals surface area contributed by atoms with Crippen molar-refractivity contribution in [3.63, 3.8) is 0 Å². The molecule has 1 unspecified atom stereocenters. The van der Waals surface area contributed by atoms with Gasteiger partial charge >= 0.3 is 0 Å². The smallest absolute Gasteiger partial charge is 0.263 e. The van der Waals surface area contributed by atoms with E-state index in [0.717, 1.165) is 11.3 Å². The first-order valence-electron chi connectivity index (χ1n) is 6.23. The predicted octanol–water partition coefficient (Wildman–Crippen LogP) is 2.12. The van der Waals surface area contributed by atoms with Crippen LogP contribution in [0.25, 0.3) is 0 Å². The molecule has 0 aliphatic heterocycles. The van der Waals surface area contributed by atoms with E-state index in [1.54, 1.807) is 11.3 Å². The summed E-state index contributed by atoms with van der Waals surface area (Å²) >= 11 is 1.60. The number of thiophene rings is 1. The number of likely N-dealkylation sites (N-methyl/N-ethyl adjacent to an activating group) is 1. The molecule has 1 amide bonds. The van der Waals surface area contributed by atoms with Crippen LogP contribution in [0.4, 0.5) is 0 Å². The quantitative estimate of drug-likeness (QED) is 0.872. The van der Waals surface area contributed by atoms with E-state index in [0.29, 0.717) is 12.5 Å². The lowest BCUT2D eigenvalue weighted by Crippen LogP contribution is -2.43. The fourth-order valence-electron chi connectivity index (χ4n) is 2.16. The number of rotatable bonds is 5. The second-order valence-electron chi connectivity index (χ2n) is 4.68. The Morgan fingerprint density at radius 2 is 2.29 bits per heavy atom. The molecule has 2 rings (SSSR count). The summed E-state index contributed by atoms with van der Waals surface area (Å²) < 4.78 is 0. The summed E-state index contributed by atoms with van der Waals surface area (Å²) in [6.45, 7) is 2.68. The van der Waals surface area contributed by atoms with E-state index >= 15 is 0 Å². The van der Waals surface area contributed by atoms with E-state index in [2.05, 4.69) is 6.92 Å². The molecule has 17 heavy (non-hydrogen) atoms. The van der Waals surface area contributed by atoms with Gasteiger partial charge in [0, 0.05) is 24.5 Å². The van der Waals surface area contributed by atoms with Crippen molar-refractivity contribution in [3.8, 4) is 0 Å². The highest BCUT2D eigenvalue weighted by molar-refractivity contribution is 7.14. The van der Waals surface area contributed by atoms with Crippen LogP contribution in [-0.2, 0) is 6.42 Å². The first kappa shape index (κ1) is 12.6. The molecule has 0 radical (unpaired) electrons. The molecule has 3 nitrogen and oxygen atoms in total. The number of hydrogen-bond donors (Lipinski definition) is 1. The minimum Gasteiger partial charge on any atom is -0.336 e. The third-order valence-electron chi connectivity index (χ3n) is 3.45. The maximum Gasteiger partial charge on any atom is 0.263 e. The first-order valence-corrected chi connectivity index (χ1v) is 7.05. The van der Waals surface area contributed by atoms with Crippen LogP contribution >= 0.6 is 11.3 Å². The van der Waals surface area contributed by atoms with Gasteiger partial charge in [-0.3, -0.25) is 4.79 Å². The summed E-state index contributed by atoms with van der Waals surface area (Å²) in [6, 6.07) is 4.19. The second kappa shape index (κ2) is 5.19. The monoisotopic (exact) mass is 252 g/mol. The Balaban J connectivity index is 2.07. The number of amides is 1. The molecule has 1 aliphatic rings. The van der Waals surface area contributed by atoms with Gasteiger partial charge in [-0.25, -0.2) is 0 Å². The average Bonchev–Trinajstić information content (AvgIpc) is 3.06. The number of nitrogens with two attached hydrogens (primary N) is 1. The second-order valence-corrected chi connectivity index (χ2v) is 5.84. The Hall–Kier alpha value is -0.870. The van der Waals surface area contributed by atoms with Gasteiger partial charge in [0.2, 0.25) is 0 Å². The number of carbonyl (C=O) groups excluding carboxylic acids is 1. The maximum absolute atomic E-state index is 12.3. The van der Waals surface area contributed by atoms with Gasteiger partial charge < -0.3 is 10.6 Å². The lowest BCUT2D eigenvalue weighted by Gasteiger charge is -2.26. The third-order valence-corrected chi connectivity index (χ3v) is 4.66. The molecule has 1 aromatic heterocycles. The van der Waals surface area contributed by atoms with Crippen LogP contribution in [0.2, 0.25) is 0 Å². The van der Waals surface area contributed by atoms with Gasteiger partial charge in [0.05, 0.1) is 4.88 Å². The van der Waals surface area contributed by atoms with Gasteiger partial charge in [0.1, 0.15) is 0 Å². The molecule has 0 aromatic carbocycles. The Kier molecular flexibility index (Phi) is 3.84. The van der Waals surface area contributed by atoms with Crippen LogP contribution in [0.3, 0.4) is 0 Å². The van der Waals surface area contributed by atoms with Crippen molar-refractivity contribution in [3.05, 3.63) is 21.9 Å². The van der Waals surface area contributed by atoms with Gasteiger partial charge in [0.15, 0.2) is 0 Å². The summed E-state index contributed by atoms with van der Waals surface area (Å²) in [5, 5.41) is 0. The number of aryl methyl sites for hydroxylation is 1. The Bertz CT molecular complexity index is 398. The fraction of sp³-hybridized carbons (Fsp3) is 0.615. The molecule has 1 saturated carbocycles. The van der Waals surface area contributed by atoms with E-state index in [1.807, 2.05) is 24.1 Å². The summed E-state index contributed by atoms with van der Waals surface area (Å²) in [6.07, 6.45) is 3.42. The van der Waals surface area contributed by atoms with Crippen LogP contribution < -0.4 is 5.73 Å². The highest BCUT2D eigenvalue weighted by Gasteiger charge is 2.35. The van der Waals surface area contributed by atoms with E-state index in [-0.39, 0.29) is 11.9 Å². The van der Waals surface area contributed by atoms with Crippen LogP contribution in [-0.4, -0.2) is 30.4 Å². The van der Waals surface area contributed by atoms with Gasteiger partial charge in [-0.2, -0.15) is 0 Å². The van der Waals surface area contributed by atoms with Gasteiger partial charge in [-0.15, -0.1) is 11.3 Å². The van der Waals surface area contributed by atoms with Crippen molar-refractivity contribution in [2.24, 2.45) is 11.7 Å². The van der Waals surface area contributed by atoms with Crippen LogP contribution in [0.5, 0.6) is 0 Å². The average molecular weight is 252 g/mol. The molecule has 1 heterocycles. The SMILES string of the molecule is CCc1ccc(C(=O)N(C)C(CN)C2CC2)s1. The summed E-state index contributed by atoms with van der Waals surface area (Å²) in [5.74, 6) is 0.747. The predicted molar refractivity (Wildman–Crippen MR) is 71.4 cm³/mol. The van der Waals surface area contributed by atoms with Crippen LogP contribution in [0, 0.1) is 5.92 Å². The molecule has 0 bridgehead atoms. The van der Waals surface area contributed by atoms with Gasteiger partial charge in [-0.05, 0) is 37.3 Å². The van der Waals surface area contributed by atoms with Crippen molar-refractivity contribution in [2.75, 3.05) is 13.6 Å². The number of hydrogen-bond acceptors (Lipinski definition) is 3. The zero-order chi connectivity index (χ0) is 12.4. The Labute approximate surface area is 107 Å². The molecule has 1 atom stereocenters. The van der Waals surface area contributed by atoms with Crippen molar-refractivity contribution < 1.29 is 4.79 Å². The highest BCUT2D eigenvalue weighted by Crippen LogP contribution is 2.35. The Morgan fingerprint density at radius 1 is 1.59 bits per heavy atom. The van der Waals surface area contributed by atoms with Crippen molar-refractivity contribution in [2.45, 2.75) is 32.2 Å². The van der Waals surface area contributed by atoms with Crippen LogP contribution in [0.1, 0.15) is 34.3 Å². The lowest BCUT2D eigenvalue weighted by molar-refractivity contribution is 0.0723. The van der Waals surface area contributed by atoms with Crippen molar-refractivity contribution >= 4 is 17.2 Å². The molecule has 0 saturated heterocycles. The zero-order valence-corrected chi connectivity index (χ0v) is 11.3. The normalized spacial score (nSPS) is 16.9. The van der Waals surface area contributed by atoms with Crippen LogP contribution in [0.15, 0.2) is 12.1 Å². The van der Waals surface area contributed by atoms with E-state index in [9.17, 15) is 4.79 Å². The molecule has 2 N–H and O–H groups in total. The minimum atomic E-state index is 0.122. The fourth-order valence-corrected chi connectivity index (χ4v) is 3.09. The van der Waals surface area contributed by atoms with Gasteiger partial charge in [0.25, 0.3) is 5.91 Å². The largest absolute Gasteiger partial charge is 0.336 e. The summed E-state index contributed by atoms with van der Waals surface area (Å²) in [5.41, 5.74) is 5.77. The highest BCUT2D eigenvalue weighted by atomic mass is 32.1. The molecule has 1 aliphatic carbocycles. The minimum absolute atomic E-state index is 0.122. The standard InChI is InChI=1S/C13H20N2OS/c1-3-10-6-7-12(17-10)13(16)15(2)11(8-14)9-4-5-9/h6-7,9,11H,3-5,8,14H2,1-2H3. The summed E-state index contributed by atoms with van der Waals surface area (Å²) in [7, 11) is 1.88. The number of carbonyl (C=O) groups is 1. The van der Waals surface area contributed by atoms with E-state index in [1.165, 1.54) is 17.7 Å². The topological polar surface area (TPSA) is 46.3 Å². The maximum atomic E-state index is 12.3. The molecule has 1 aromatic rings. The van der Waals surface area contributed by atoms with Crippen molar-refractivity contribution in [1.82, 2.24) is 4.90 Å². The lowest BCUT2D eigenvalue weighted by atomic mass is 10.1. The molecule has 1 fully saturated rings. The Morgan fingerprint density at radius 3 is 2.76 bits per heavy atom. The third kappa shape index (κ3) is 2.69. The van der Waals surface area contributed by atoms with Crippen molar-refractivity contribution in [1.29, 1.82) is 0 Å². The molecular weight excluding hydrogens is 232 g/mol. The molecule has 94 valence electrons. The zero-order valence-electron chi connectivity index (χ0n) is 10.5. The molecular formula is C13H20N2OS. The number of nitrogens with zero attached hydrogens (tertiary/aromatic N) is 1.